The van der Waals surface area contributed by atoms with E-state index in [9.17, 15) is 38.5 Å². The van der Waals surface area contributed by atoms with Gasteiger partial charge in [0.15, 0.2) is 17.7 Å². The van der Waals surface area contributed by atoms with E-state index in [1.165, 1.54) is 6.33 Å². The van der Waals surface area contributed by atoms with Crippen LogP contribution >= 0.6 is 7.82 Å². The number of nitrogens with zero attached hydrogens (tertiary/aromatic N) is 3. The lowest BCUT2D eigenvalue weighted by atomic mass is 10.1. The van der Waals surface area contributed by atoms with E-state index in [1.807, 2.05) is 47.4 Å². The third kappa shape index (κ3) is 25.3. The first-order valence-electron chi connectivity index (χ1n) is 20.2. The predicted octanol–water partition coefficient (Wildman–Crippen LogP) is 4.69. The van der Waals surface area contributed by atoms with E-state index in [0.29, 0.717) is 38.8 Å². The van der Waals surface area contributed by atoms with Crippen LogP contribution in [0.15, 0.2) is 42.9 Å². The number of Topliss-reactive ketones (excluding diaryl/α,β-unsaturated/α-hetero) is 2. The van der Waals surface area contributed by atoms with Gasteiger partial charge in [-0.2, -0.15) is 0 Å². The molecule has 2 rings (SSSR count). The molecule has 18 nitrogen and oxygen atoms in total. The van der Waals surface area contributed by atoms with Crippen molar-refractivity contribution >= 4 is 55.1 Å². The van der Waals surface area contributed by atoms with Gasteiger partial charge in [0.2, 0.25) is 0 Å². The molecule has 0 spiro atoms. The minimum absolute atomic E-state index is 0.0327. The summed E-state index contributed by atoms with van der Waals surface area (Å²) in [6.07, 6.45) is 8.62. The van der Waals surface area contributed by atoms with Gasteiger partial charge >= 0.3 is 25.7 Å². The maximum absolute atomic E-state index is 12.4. The molecule has 0 saturated carbocycles. The lowest BCUT2D eigenvalue weighted by Gasteiger charge is -2.24. The SMILES string of the molecule is CCCC(=O)OCC(COP(=O)(O)OCCCC(=O)OCCOCCCC(=O)COCC(=O)CCCN(CCO)c1ccc(/C=C/c2ccncn2)cc1)OC(=O)CCC. The molecule has 1 aromatic heterocycles. The van der Waals surface area contributed by atoms with Crippen LogP contribution < -0.4 is 4.90 Å². The fourth-order valence-corrected chi connectivity index (χ4v) is 5.95. The summed E-state index contributed by atoms with van der Waals surface area (Å²) in [6, 6.07) is 9.66. The number of carbonyl (C=O) groups excluding carboxylic acids is 5. The van der Waals surface area contributed by atoms with E-state index in [0.717, 1.165) is 16.9 Å². The van der Waals surface area contributed by atoms with Crippen LogP contribution in [0.4, 0.5) is 5.69 Å². The number of hydrogen-bond donors (Lipinski definition) is 2. The summed E-state index contributed by atoms with van der Waals surface area (Å²) in [7, 11) is -4.57. The number of anilines is 1. The van der Waals surface area contributed by atoms with Crippen molar-refractivity contribution in [1.29, 1.82) is 0 Å². The largest absolute Gasteiger partial charge is 0.472 e. The molecule has 19 heteroatoms. The number of phosphoric acid groups is 1. The zero-order valence-electron chi connectivity index (χ0n) is 34.6. The second-order valence-corrected chi connectivity index (χ2v) is 14.8. The molecule has 1 aromatic carbocycles. The fourth-order valence-electron chi connectivity index (χ4n) is 5.16. The number of hydrogen-bond acceptors (Lipinski definition) is 17. The molecule has 1 heterocycles. The summed E-state index contributed by atoms with van der Waals surface area (Å²) in [4.78, 5) is 80.1. The summed E-state index contributed by atoms with van der Waals surface area (Å²) < 4.78 is 48.1. The normalized spacial score (nSPS) is 12.7. The summed E-state index contributed by atoms with van der Waals surface area (Å²) in [5, 5.41) is 9.55. The summed E-state index contributed by atoms with van der Waals surface area (Å²) in [6.45, 7) is 3.27. The molecule has 0 saturated heterocycles. The highest BCUT2D eigenvalue weighted by atomic mass is 31.2. The minimum atomic E-state index is -4.57. The van der Waals surface area contributed by atoms with Crippen LogP contribution in [0.25, 0.3) is 12.2 Å². The molecular weight excluding hydrogens is 805 g/mol. The first-order chi connectivity index (χ1) is 28.9. The smallest absolute Gasteiger partial charge is 0.463 e. The maximum atomic E-state index is 12.4. The Morgan fingerprint density at radius 3 is 2.10 bits per heavy atom. The van der Waals surface area contributed by atoms with Gasteiger partial charge in [0, 0.05) is 63.7 Å². The van der Waals surface area contributed by atoms with Crippen molar-refractivity contribution < 1.29 is 71.3 Å². The van der Waals surface area contributed by atoms with Gasteiger partial charge in [0.25, 0.3) is 0 Å². The van der Waals surface area contributed by atoms with Gasteiger partial charge in [-0.25, -0.2) is 14.5 Å². The van der Waals surface area contributed by atoms with Crippen molar-refractivity contribution in [3.05, 3.63) is 54.1 Å². The molecule has 334 valence electrons. The van der Waals surface area contributed by atoms with Gasteiger partial charge in [0.05, 0.1) is 32.1 Å². The number of ketones is 2. The molecule has 0 aliphatic heterocycles. The summed E-state index contributed by atoms with van der Waals surface area (Å²) in [5.74, 6) is -1.96. The van der Waals surface area contributed by atoms with Crippen LogP contribution in [0.5, 0.6) is 0 Å². The van der Waals surface area contributed by atoms with E-state index in [2.05, 4.69) is 9.97 Å². The Kier molecular flexibility index (Phi) is 27.1. The van der Waals surface area contributed by atoms with E-state index in [-0.39, 0.29) is 103 Å². The maximum Gasteiger partial charge on any atom is 0.472 e. The highest BCUT2D eigenvalue weighted by molar-refractivity contribution is 7.47. The predicted molar refractivity (Wildman–Crippen MR) is 219 cm³/mol. The Labute approximate surface area is 351 Å². The number of rotatable bonds is 35. The highest BCUT2D eigenvalue weighted by Crippen LogP contribution is 2.43. The molecule has 0 bridgehead atoms. The average molecular weight is 866 g/mol. The number of phosphoric ester groups is 1. The van der Waals surface area contributed by atoms with Crippen LogP contribution in [0.1, 0.15) is 89.3 Å². The molecule has 2 unspecified atom stereocenters. The number of benzene rings is 1. The third-order valence-electron chi connectivity index (χ3n) is 8.16. The van der Waals surface area contributed by atoms with Gasteiger partial charge < -0.3 is 38.6 Å². The Bertz CT molecular complexity index is 1630. The van der Waals surface area contributed by atoms with E-state index >= 15 is 0 Å². The molecule has 60 heavy (non-hydrogen) atoms. The topological polar surface area (TPSA) is 237 Å². The van der Waals surface area contributed by atoms with Crippen molar-refractivity contribution in [1.82, 2.24) is 9.97 Å². The van der Waals surface area contributed by atoms with E-state index in [4.69, 9.17) is 32.7 Å². The standard InChI is InChI=1S/C41H60N3O15P/c1-3-8-39(48)56-30-38(59-41(50)9-4-2)31-58-60(51,52)57-25-7-12-40(49)55-27-26-53-24-6-11-37(47)29-54-28-36(46)10-5-21-44(22-23-45)35-17-14-33(15-18-35)13-16-34-19-20-42-32-43-34/h13-20,32,38,45H,3-12,21-31H2,1-2H3,(H,51,52)/b16-13+. The summed E-state index contributed by atoms with van der Waals surface area (Å²) >= 11 is 0. The van der Waals surface area contributed by atoms with Gasteiger partial charge in [-0.3, -0.25) is 33.0 Å². The fraction of sp³-hybridized carbons (Fsp3) is 0.585. The van der Waals surface area contributed by atoms with Crippen molar-refractivity contribution in [2.45, 2.75) is 84.2 Å². The van der Waals surface area contributed by atoms with Gasteiger partial charge in [-0.05, 0) is 61.9 Å². The first kappa shape index (κ1) is 51.7. The molecule has 0 radical (unpaired) electrons. The van der Waals surface area contributed by atoms with Gasteiger partial charge in [-0.15, -0.1) is 0 Å². The minimum Gasteiger partial charge on any atom is -0.463 e. The number of esters is 3. The molecule has 2 aromatic rings. The first-order valence-corrected chi connectivity index (χ1v) is 21.7. The molecule has 0 aliphatic rings. The molecule has 2 atom stereocenters. The Morgan fingerprint density at radius 2 is 1.42 bits per heavy atom. The molecule has 0 amide bonds. The van der Waals surface area contributed by atoms with Crippen molar-refractivity contribution in [3.8, 4) is 0 Å². The van der Waals surface area contributed by atoms with Crippen LogP contribution in [0.3, 0.4) is 0 Å². The zero-order chi connectivity index (χ0) is 43.9. The zero-order valence-corrected chi connectivity index (χ0v) is 35.5. The number of carbonyl (C=O) groups is 5. The number of aliphatic hydroxyl groups is 1. The Balaban J connectivity index is 1.50. The molecule has 0 fully saturated rings. The van der Waals surface area contributed by atoms with Crippen LogP contribution in [-0.2, 0) is 61.3 Å². The Hall–Kier alpha value is -4.42. The van der Waals surface area contributed by atoms with Crippen molar-refractivity contribution in [2.75, 3.05) is 77.5 Å². The molecule has 0 aliphatic carbocycles. The number of aliphatic hydroxyl groups excluding tert-OH is 1. The summed E-state index contributed by atoms with van der Waals surface area (Å²) in [5.41, 5.74) is 2.71. The van der Waals surface area contributed by atoms with Crippen molar-refractivity contribution in [3.63, 3.8) is 0 Å². The van der Waals surface area contributed by atoms with Gasteiger partial charge in [0.1, 0.15) is 32.8 Å². The van der Waals surface area contributed by atoms with E-state index < -0.39 is 38.4 Å². The highest BCUT2D eigenvalue weighted by Gasteiger charge is 2.26. The lowest BCUT2D eigenvalue weighted by molar-refractivity contribution is -0.161. The second-order valence-electron chi connectivity index (χ2n) is 13.4. The van der Waals surface area contributed by atoms with Crippen molar-refractivity contribution in [2.24, 2.45) is 0 Å². The quantitative estimate of drug-likeness (QED) is 0.0414. The van der Waals surface area contributed by atoms with Crippen LogP contribution in [-0.4, -0.2) is 128 Å². The number of aromatic nitrogens is 2. The Morgan fingerprint density at radius 1 is 0.733 bits per heavy atom. The average Bonchev–Trinajstić information content (AvgIpc) is 3.22. The third-order valence-corrected chi connectivity index (χ3v) is 9.15. The molecule has 2 N–H and O–H groups in total. The second kappa shape index (κ2) is 31.5. The lowest BCUT2D eigenvalue weighted by Crippen LogP contribution is -2.29. The van der Waals surface area contributed by atoms with E-state index in [1.54, 1.807) is 20.0 Å². The van der Waals surface area contributed by atoms with Crippen LogP contribution in [0, 0.1) is 0 Å². The molecular formula is C41H60N3O15P. The van der Waals surface area contributed by atoms with Gasteiger partial charge in [-0.1, -0.05) is 32.1 Å². The monoisotopic (exact) mass is 865 g/mol. The number of ether oxygens (including phenoxy) is 5. The van der Waals surface area contributed by atoms with Crippen LogP contribution in [0.2, 0.25) is 0 Å².